The van der Waals surface area contributed by atoms with Gasteiger partial charge in [-0.15, -0.1) is 0 Å². The first-order valence-electron chi connectivity index (χ1n) is 10.5. The van der Waals surface area contributed by atoms with Crippen LogP contribution in [0.4, 0.5) is 0 Å². The van der Waals surface area contributed by atoms with Crippen LogP contribution >= 0.6 is 0 Å². The summed E-state index contributed by atoms with van der Waals surface area (Å²) in [5.41, 5.74) is 2.20. The molecule has 3 saturated carbocycles. The smallest absolute Gasteiger partial charge is 0.155 e. The lowest BCUT2D eigenvalue weighted by atomic mass is 9.46. The second-order valence-electron chi connectivity index (χ2n) is 10.0. The van der Waals surface area contributed by atoms with E-state index < -0.39 is 0 Å². The van der Waals surface area contributed by atoms with Gasteiger partial charge in [-0.05, 0) is 91.4 Å². The van der Waals surface area contributed by atoms with Crippen molar-refractivity contribution >= 4 is 5.78 Å². The minimum absolute atomic E-state index is 0.286. The van der Waals surface area contributed by atoms with Gasteiger partial charge in [0.15, 0.2) is 5.78 Å². The normalized spacial score (nSPS) is 47.1. The van der Waals surface area contributed by atoms with E-state index in [0.29, 0.717) is 23.5 Å². The van der Waals surface area contributed by atoms with Gasteiger partial charge in [-0.3, -0.25) is 4.79 Å². The molecule has 0 aromatic carbocycles. The molecular formula is C23H33NO. The molecule has 0 aliphatic heterocycles. The summed E-state index contributed by atoms with van der Waals surface area (Å²) in [4.78, 5) is 11.9. The van der Waals surface area contributed by atoms with E-state index in [-0.39, 0.29) is 5.41 Å². The van der Waals surface area contributed by atoms with E-state index in [4.69, 9.17) is 5.26 Å². The van der Waals surface area contributed by atoms with Crippen LogP contribution in [0, 0.1) is 51.8 Å². The second kappa shape index (κ2) is 5.97. The number of ketones is 1. The number of fused-ring (bicyclic) bond motifs is 5. The summed E-state index contributed by atoms with van der Waals surface area (Å²) in [6.45, 7) is 7.33. The van der Waals surface area contributed by atoms with E-state index >= 15 is 0 Å². The summed E-state index contributed by atoms with van der Waals surface area (Å²) in [7, 11) is 0. The van der Waals surface area contributed by atoms with Crippen molar-refractivity contribution < 1.29 is 4.79 Å². The van der Waals surface area contributed by atoms with Crippen LogP contribution in [0.3, 0.4) is 0 Å². The van der Waals surface area contributed by atoms with Crippen LogP contribution in [-0.2, 0) is 4.79 Å². The molecule has 0 saturated heterocycles. The van der Waals surface area contributed by atoms with E-state index in [0.717, 1.165) is 42.9 Å². The van der Waals surface area contributed by atoms with Gasteiger partial charge in [-0.25, -0.2) is 0 Å². The van der Waals surface area contributed by atoms with Crippen LogP contribution in [0.1, 0.15) is 78.6 Å². The van der Waals surface area contributed by atoms with Gasteiger partial charge in [-0.1, -0.05) is 26.3 Å². The first-order valence-corrected chi connectivity index (χ1v) is 10.5. The van der Waals surface area contributed by atoms with Crippen molar-refractivity contribution in [3.05, 3.63) is 11.6 Å². The predicted octanol–water partition coefficient (Wildman–Crippen LogP) is 5.68. The van der Waals surface area contributed by atoms with Gasteiger partial charge in [0.2, 0.25) is 0 Å². The van der Waals surface area contributed by atoms with Crippen molar-refractivity contribution in [2.45, 2.75) is 78.6 Å². The molecule has 3 fully saturated rings. The highest BCUT2D eigenvalue weighted by Crippen LogP contribution is 2.67. The Morgan fingerprint density at radius 1 is 1.16 bits per heavy atom. The van der Waals surface area contributed by atoms with Crippen LogP contribution in [0.25, 0.3) is 0 Å². The Balaban J connectivity index is 1.62. The van der Waals surface area contributed by atoms with Gasteiger partial charge in [-0.2, -0.15) is 5.26 Å². The molecule has 0 amide bonds. The van der Waals surface area contributed by atoms with Gasteiger partial charge >= 0.3 is 0 Å². The zero-order valence-electron chi connectivity index (χ0n) is 16.2. The molecule has 0 spiro atoms. The van der Waals surface area contributed by atoms with Crippen molar-refractivity contribution in [3.8, 4) is 6.07 Å². The Labute approximate surface area is 153 Å². The fourth-order valence-electron chi connectivity index (χ4n) is 7.82. The number of nitriles is 1. The highest BCUT2D eigenvalue weighted by Gasteiger charge is 2.59. The number of carbonyl (C=O) groups excluding carboxylic acids is 1. The molecule has 0 heterocycles. The van der Waals surface area contributed by atoms with Gasteiger partial charge < -0.3 is 0 Å². The van der Waals surface area contributed by atoms with Gasteiger partial charge in [0.25, 0.3) is 0 Å². The number of hydrogen-bond donors (Lipinski definition) is 0. The molecule has 0 radical (unpaired) electrons. The predicted molar refractivity (Wildman–Crippen MR) is 99.6 cm³/mol. The number of allylic oxidation sites excluding steroid dienone is 1. The van der Waals surface area contributed by atoms with Crippen molar-refractivity contribution in [1.82, 2.24) is 0 Å². The minimum atomic E-state index is 0.286. The van der Waals surface area contributed by atoms with Crippen molar-refractivity contribution in [1.29, 1.82) is 5.26 Å². The lowest BCUT2D eigenvalue weighted by Crippen LogP contribution is -2.50. The molecule has 4 rings (SSSR count). The highest BCUT2D eigenvalue weighted by atomic mass is 16.1. The first kappa shape index (κ1) is 17.3. The topological polar surface area (TPSA) is 40.9 Å². The van der Waals surface area contributed by atoms with E-state index in [1.54, 1.807) is 0 Å². The Morgan fingerprint density at radius 3 is 2.72 bits per heavy atom. The third-order valence-electron chi connectivity index (χ3n) is 9.14. The van der Waals surface area contributed by atoms with Gasteiger partial charge in [0.05, 0.1) is 6.07 Å². The fraction of sp³-hybridized carbons (Fsp3) is 0.826. The molecule has 0 N–H and O–H groups in total. The SMILES string of the molecule is C[C@H](CC#N)C1CCC2C3CCC4=CC(=O)CC[C@]4(C)C3CC[C@@]21C. The second-order valence-corrected chi connectivity index (χ2v) is 10.0. The van der Waals surface area contributed by atoms with Crippen LogP contribution in [-0.4, -0.2) is 5.78 Å². The lowest BCUT2D eigenvalue weighted by Gasteiger charge is -2.58. The maximum absolute atomic E-state index is 11.9. The number of hydrogen-bond acceptors (Lipinski definition) is 2. The van der Waals surface area contributed by atoms with Crippen LogP contribution in [0.5, 0.6) is 0 Å². The summed E-state index contributed by atoms with van der Waals surface area (Å²) in [5, 5.41) is 9.17. The van der Waals surface area contributed by atoms with Crippen LogP contribution in [0.2, 0.25) is 0 Å². The Hall–Kier alpha value is -1.10. The third-order valence-corrected chi connectivity index (χ3v) is 9.14. The monoisotopic (exact) mass is 339 g/mol. The Bertz CT molecular complexity index is 643. The molecule has 0 bridgehead atoms. The standard InChI is InChI=1S/C23H33NO/c1-15(10-13-24)19-6-7-20-18-5-4-16-14-17(25)8-11-22(16,2)21(18)9-12-23(19,20)3/h14-15,18-21H,4-12H2,1-3H3/t15-,18?,19?,20?,21?,22+,23-/m1/s1. The number of rotatable bonds is 2. The summed E-state index contributed by atoms with van der Waals surface area (Å²) >= 11 is 0. The minimum Gasteiger partial charge on any atom is -0.295 e. The van der Waals surface area contributed by atoms with Gasteiger partial charge in [0, 0.05) is 12.8 Å². The van der Waals surface area contributed by atoms with Crippen molar-refractivity contribution in [2.75, 3.05) is 0 Å². The quantitative estimate of drug-likeness (QED) is 0.649. The summed E-state index contributed by atoms with van der Waals surface area (Å²) in [5.74, 6) is 4.09. The van der Waals surface area contributed by atoms with Crippen molar-refractivity contribution in [3.63, 3.8) is 0 Å². The summed E-state index contributed by atoms with van der Waals surface area (Å²) < 4.78 is 0. The molecule has 25 heavy (non-hydrogen) atoms. The van der Waals surface area contributed by atoms with Crippen LogP contribution < -0.4 is 0 Å². The van der Waals surface area contributed by atoms with E-state index in [9.17, 15) is 4.79 Å². The third kappa shape index (κ3) is 2.45. The average molecular weight is 340 g/mol. The maximum atomic E-state index is 11.9. The molecular weight excluding hydrogens is 306 g/mol. The Kier molecular flexibility index (Phi) is 4.13. The zero-order valence-corrected chi connectivity index (χ0v) is 16.2. The van der Waals surface area contributed by atoms with Gasteiger partial charge in [0.1, 0.15) is 0 Å². The average Bonchev–Trinajstić information content (AvgIpc) is 2.93. The van der Waals surface area contributed by atoms with Crippen molar-refractivity contribution in [2.24, 2.45) is 40.4 Å². The molecule has 2 nitrogen and oxygen atoms in total. The molecule has 4 unspecified atom stereocenters. The van der Waals surface area contributed by atoms with Crippen LogP contribution in [0.15, 0.2) is 11.6 Å². The number of nitrogens with zero attached hydrogens (tertiary/aromatic N) is 1. The molecule has 7 atom stereocenters. The lowest BCUT2D eigenvalue weighted by molar-refractivity contribution is -0.117. The largest absolute Gasteiger partial charge is 0.295 e. The molecule has 0 aromatic heterocycles. The zero-order chi connectivity index (χ0) is 17.8. The summed E-state index contributed by atoms with van der Waals surface area (Å²) in [6, 6.07) is 2.42. The number of carbonyl (C=O) groups is 1. The molecule has 4 aliphatic rings. The highest BCUT2D eigenvalue weighted by molar-refractivity contribution is 5.91. The van der Waals surface area contributed by atoms with E-state index in [1.165, 1.54) is 37.7 Å². The molecule has 2 heteroatoms. The van der Waals surface area contributed by atoms with E-state index in [2.05, 4.69) is 26.8 Å². The summed E-state index contributed by atoms with van der Waals surface area (Å²) in [6.07, 6.45) is 12.4. The first-order chi connectivity index (χ1) is 11.9. The molecule has 136 valence electrons. The fourth-order valence-corrected chi connectivity index (χ4v) is 7.82. The van der Waals surface area contributed by atoms with E-state index in [1.807, 2.05) is 6.08 Å². The molecule has 4 aliphatic carbocycles. The Morgan fingerprint density at radius 2 is 1.96 bits per heavy atom. The maximum Gasteiger partial charge on any atom is 0.155 e. The molecule has 0 aromatic rings.